The Morgan fingerprint density at radius 2 is 1.79 bits per heavy atom. The minimum absolute atomic E-state index is 0.0186. The molecule has 198 valence electrons. The number of fused-ring (bicyclic) bond motifs is 5. The third-order valence-corrected chi connectivity index (χ3v) is 7.67. The highest BCUT2D eigenvalue weighted by Gasteiger charge is 2.47. The average molecular weight is 532 g/mol. The highest BCUT2D eigenvalue weighted by molar-refractivity contribution is 5.98. The Balaban J connectivity index is 1.54. The van der Waals surface area contributed by atoms with Gasteiger partial charge in [0, 0.05) is 34.6 Å². The lowest BCUT2D eigenvalue weighted by Crippen LogP contribution is -2.51. The number of hydrogen-bond acceptors (Lipinski definition) is 5. The van der Waals surface area contributed by atoms with Crippen LogP contribution in [0.25, 0.3) is 33.2 Å². The van der Waals surface area contributed by atoms with Crippen LogP contribution in [0.15, 0.2) is 36.5 Å². The fourth-order valence-corrected chi connectivity index (χ4v) is 6.07. The normalized spacial score (nSPS) is 23.2. The summed E-state index contributed by atoms with van der Waals surface area (Å²) in [5, 5.41) is 13.5. The van der Waals surface area contributed by atoms with Gasteiger partial charge in [0.15, 0.2) is 11.6 Å². The minimum atomic E-state index is -5.00. The summed E-state index contributed by atoms with van der Waals surface area (Å²) in [6.07, 6.45) is -0.418. The summed E-state index contributed by atoms with van der Waals surface area (Å²) in [5.74, 6) is -3.89. The quantitative estimate of drug-likeness (QED) is 0.263. The van der Waals surface area contributed by atoms with Crippen LogP contribution >= 0.6 is 0 Å². The van der Waals surface area contributed by atoms with Gasteiger partial charge in [-0.3, -0.25) is 4.79 Å². The number of carboxylic acid groups (broad SMARTS) is 1. The number of rotatable bonds is 5. The predicted octanol–water partition coefficient (Wildman–Crippen LogP) is 6.26. The number of anilines is 1. The van der Waals surface area contributed by atoms with E-state index in [1.807, 2.05) is 0 Å². The molecule has 2 bridgehead atoms. The highest BCUT2D eigenvalue weighted by Crippen LogP contribution is 2.47. The number of nitrogens with zero attached hydrogens (tertiary/aromatic N) is 2. The smallest absolute Gasteiger partial charge is 0.481 e. The van der Waals surface area contributed by atoms with Gasteiger partial charge in [0.25, 0.3) is 0 Å². The third kappa shape index (κ3) is 4.17. The van der Waals surface area contributed by atoms with Gasteiger partial charge in [0.05, 0.1) is 11.4 Å². The third-order valence-electron chi connectivity index (χ3n) is 7.67. The van der Waals surface area contributed by atoms with Gasteiger partial charge in [-0.2, -0.15) is 0 Å². The van der Waals surface area contributed by atoms with E-state index in [4.69, 9.17) is 0 Å². The van der Waals surface area contributed by atoms with E-state index in [-0.39, 0.29) is 50.8 Å². The standard InChI is InChI=1S/C26H21F5N4O3/c27-13-8-15-16(10-32-21(15)17(28)9-13)24-34-22-14(2-1-3-18(22)38-26(29,30)31)23(35-24)33-20-12-6-4-11(5-7-12)19(20)25(36)37/h1-3,8-12,19-20,32H,4-7H2,(H,36,37)(H,33,34,35). The van der Waals surface area contributed by atoms with Gasteiger partial charge in [-0.15, -0.1) is 13.2 Å². The molecule has 4 aromatic rings. The zero-order chi connectivity index (χ0) is 26.8. The van der Waals surface area contributed by atoms with Gasteiger partial charge in [-0.25, -0.2) is 18.7 Å². The van der Waals surface area contributed by atoms with Crippen LogP contribution in [0.1, 0.15) is 25.7 Å². The van der Waals surface area contributed by atoms with E-state index in [0.29, 0.717) is 6.07 Å². The largest absolute Gasteiger partial charge is 0.573 e. The molecule has 3 saturated carbocycles. The zero-order valence-corrected chi connectivity index (χ0v) is 19.6. The lowest BCUT2D eigenvalue weighted by molar-refractivity contribution is -0.274. The van der Waals surface area contributed by atoms with Crippen molar-refractivity contribution in [3.05, 3.63) is 48.2 Å². The van der Waals surface area contributed by atoms with Gasteiger partial charge in [-0.1, -0.05) is 6.07 Å². The maximum Gasteiger partial charge on any atom is 0.573 e. The van der Waals surface area contributed by atoms with Crippen LogP contribution < -0.4 is 10.1 Å². The molecule has 2 heterocycles. The number of alkyl halides is 3. The van der Waals surface area contributed by atoms with Crippen LogP contribution in [0, 0.1) is 29.4 Å². The van der Waals surface area contributed by atoms with E-state index in [0.717, 1.165) is 37.8 Å². The molecule has 3 fully saturated rings. The van der Waals surface area contributed by atoms with Gasteiger partial charge in [0.1, 0.15) is 23.0 Å². The molecule has 3 aliphatic rings. The molecule has 3 aliphatic carbocycles. The van der Waals surface area contributed by atoms with Gasteiger partial charge in [0.2, 0.25) is 0 Å². The van der Waals surface area contributed by atoms with Crippen LogP contribution in [0.4, 0.5) is 27.8 Å². The fourth-order valence-electron chi connectivity index (χ4n) is 6.07. The lowest BCUT2D eigenvalue weighted by atomic mass is 9.61. The molecule has 0 saturated heterocycles. The molecule has 12 heteroatoms. The molecule has 2 aromatic carbocycles. The summed E-state index contributed by atoms with van der Waals surface area (Å²) < 4.78 is 72.3. The van der Waals surface area contributed by atoms with Crippen LogP contribution in [0.2, 0.25) is 0 Å². The van der Waals surface area contributed by atoms with E-state index in [1.54, 1.807) is 0 Å². The zero-order valence-electron chi connectivity index (χ0n) is 19.6. The van der Waals surface area contributed by atoms with Crippen molar-refractivity contribution >= 4 is 33.6 Å². The highest BCUT2D eigenvalue weighted by atomic mass is 19.4. The molecular weight excluding hydrogens is 511 g/mol. The first-order valence-electron chi connectivity index (χ1n) is 12.1. The molecule has 7 nitrogen and oxygen atoms in total. The Bertz CT molecular complexity index is 1560. The predicted molar refractivity (Wildman–Crippen MR) is 127 cm³/mol. The first-order valence-corrected chi connectivity index (χ1v) is 12.1. The molecule has 2 atom stereocenters. The molecule has 0 spiro atoms. The number of ether oxygens (including phenoxy) is 1. The van der Waals surface area contributed by atoms with E-state index in [1.165, 1.54) is 18.3 Å². The maximum atomic E-state index is 14.3. The SMILES string of the molecule is O=C(O)C1C2CCC(CC2)C1Nc1nc(-c2c[nH]c3c(F)cc(F)cc23)nc2c(OC(F)(F)F)cccc12. The van der Waals surface area contributed by atoms with Gasteiger partial charge >= 0.3 is 12.3 Å². The molecule has 3 N–H and O–H groups in total. The summed E-state index contributed by atoms with van der Waals surface area (Å²) in [6.45, 7) is 0. The number of carboxylic acids is 1. The summed E-state index contributed by atoms with van der Waals surface area (Å²) in [6, 6.07) is 5.25. The Hall–Kier alpha value is -3.96. The van der Waals surface area contributed by atoms with E-state index in [2.05, 4.69) is 25.0 Å². The lowest BCUT2D eigenvalue weighted by Gasteiger charge is -2.47. The summed E-state index contributed by atoms with van der Waals surface area (Å²) in [4.78, 5) is 23.7. The summed E-state index contributed by atoms with van der Waals surface area (Å²) in [5.41, 5.74) is -0.0449. The van der Waals surface area contributed by atoms with Crippen molar-refractivity contribution < 1.29 is 36.6 Å². The van der Waals surface area contributed by atoms with Crippen LogP contribution in [-0.2, 0) is 4.79 Å². The molecule has 2 aromatic heterocycles. The first-order chi connectivity index (χ1) is 18.1. The molecule has 0 radical (unpaired) electrons. The minimum Gasteiger partial charge on any atom is -0.481 e. The van der Waals surface area contributed by atoms with Crippen LogP contribution in [0.5, 0.6) is 5.75 Å². The molecular formula is C26H21F5N4O3. The number of aromatic amines is 1. The number of carbonyl (C=O) groups is 1. The summed E-state index contributed by atoms with van der Waals surface area (Å²) >= 11 is 0. The van der Waals surface area contributed by atoms with Crippen molar-refractivity contribution in [2.75, 3.05) is 5.32 Å². The van der Waals surface area contributed by atoms with Crippen molar-refractivity contribution in [2.45, 2.75) is 38.1 Å². The second kappa shape index (κ2) is 8.81. The Labute approximate surface area is 212 Å². The van der Waals surface area contributed by atoms with E-state index >= 15 is 0 Å². The molecule has 0 aliphatic heterocycles. The number of nitrogens with one attached hydrogen (secondary N) is 2. The second-order valence-corrected chi connectivity index (χ2v) is 9.82. The number of hydrogen-bond donors (Lipinski definition) is 3. The van der Waals surface area contributed by atoms with Crippen LogP contribution in [-0.4, -0.2) is 38.4 Å². The van der Waals surface area contributed by atoms with Crippen molar-refractivity contribution in [3.8, 4) is 17.1 Å². The topological polar surface area (TPSA) is 100 Å². The number of para-hydroxylation sites is 1. The first kappa shape index (κ1) is 24.4. The van der Waals surface area contributed by atoms with Gasteiger partial charge in [-0.05, 0) is 55.7 Å². The van der Waals surface area contributed by atoms with E-state index in [9.17, 15) is 31.9 Å². The molecule has 7 rings (SSSR count). The number of aromatic nitrogens is 3. The second-order valence-electron chi connectivity index (χ2n) is 9.82. The Morgan fingerprint density at radius 3 is 2.50 bits per heavy atom. The monoisotopic (exact) mass is 532 g/mol. The number of halogens is 5. The van der Waals surface area contributed by atoms with Crippen molar-refractivity contribution in [1.29, 1.82) is 0 Å². The number of H-pyrrole nitrogens is 1. The fraction of sp³-hybridized carbons (Fsp3) is 0.346. The maximum absolute atomic E-state index is 14.3. The summed E-state index contributed by atoms with van der Waals surface area (Å²) in [7, 11) is 0. The van der Waals surface area contributed by atoms with Crippen LogP contribution in [0.3, 0.4) is 0 Å². The average Bonchev–Trinajstić information content (AvgIpc) is 3.28. The van der Waals surface area contributed by atoms with E-state index < -0.39 is 41.7 Å². The molecule has 38 heavy (non-hydrogen) atoms. The number of benzene rings is 2. The molecule has 2 unspecified atom stereocenters. The number of aliphatic carboxylic acids is 1. The van der Waals surface area contributed by atoms with Gasteiger partial charge < -0.3 is 20.1 Å². The van der Waals surface area contributed by atoms with Crippen molar-refractivity contribution in [2.24, 2.45) is 17.8 Å². The Kier molecular flexibility index (Phi) is 5.65. The van der Waals surface area contributed by atoms with Crippen molar-refractivity contribution in [3.63, 3.8) is 0 Å². The Morgan fingerprint density at radius 1 is 1.05 bits per heavy atom. The molecule has 0 amide bonds. The van der Waals surface area contributed by atoms with Crippen molar-refractivity contribution in [1.82, 2.24) is 15.0 Å².